The van der Waals surface area contributed by atoms with Crippen LogP contribution in [0.5, 0.6) is 0 Å². The molecule has 0 aliphatic heterocycles. The predicted octanol–water partition coefficient (Wildman–Crippen LogP) is 11.0. The fraction of sp³-hybridized carbons (Fsp3) is 0.629. The van der Waals surface area contributed by atoms with Crippen molar-refractivity contribution in [2.24, 2.45) is 11.8 Å². The van der Waals surface area contributed by atoms with Gasteiger partial charge >= 0.3 is 0 Å². The molecule has 0 radical (unpaired) electrons. The molecule has 0 saturated heterocycles. The van der Waals surface area contributed by atoms with Gasteiger partial charge in [-0.3, -0.25) is 0 Å². The van der Waals surface area contributed by atoms with Crippen LogP contribution in [-0.2, 0) is 0 Å². The van der Waals surface area contributed by atoms with Gasteiger partial charge in [-0.2, -0.15) is 5.26 Å². The van der Waals surface area contributed by atoms with Gasteiger partial charge in [0, 0.05) is 6.42 Å². The van der Waals surface area contributed by atoms with Crippen molar-refractivity contribution in [2.45, 2.75) is 128 Å². The quantitative estimate of drug-likeness (QED) is 0.275. The molecular weight excluding hydrogens is 434 g/mol. The molecule has 0 unspecified atom stereocenters. The zero-order valence-electron chi connectivity index (χ0n) is 22.9. The van der Waals surface area contributed by atoms with Gasteiger partial charge in [-0.25, -0.2) is 0 Å². The second kappa shape index (κ2) is 14.6. The fourth-order valence-electron chi connectivity index (χ4n) is 6.96. The van der Waals surface area contributed by atoms with Gasteiger partial charge in [0.15, 0.2) is 0 Å². The van der Waals surface area contributed by atoms with E-state index < -0.39 is 0 Å². The van der Waals surface area contributed by atoms with E-state index in [4.69, 9.17) is 5.26 Å². The Labute approximate surface area is 221 Å². The highest BCUT2D eigenvalue weighted by atomic mass is 14.3. The molecule has 1 nitrogen and oxygen atoms in total. The molecule has 1 heteroatoms. The lowest BCUT2D eigenvalue weighted by Gasteiger charge is -2.29. The van der Waals surface area contributed by atoms with Gasteiger partial charge in [-0.05, 0) is 104 Å². The normalized spacial score (nSPS) is 24.3. The van der Waals surface area contributed by atoms with E-state index in [9.17, 15) is 0 Å². The van der Waals surface area contributed by atoms with Crippen molar-refractivity contribution < 1.29 is 0 Å². The Morgan fingerprint density at radius 2 is 1.03 bits per heavy atom. The summed E-state index contributed by atoms with van der Waals surface area (Å²) in [5.74, 6) is 3.42. The van der Waals surface area contributed by atoms with Crippen LogP contribution in [0.15, 0.2) is 48.5 Å². The Balaban J connectivity index is 1.22. The molecule has 4 rings (SSSR count). The van der Waals surface area contributed by atoms with Gasteiger partial charge in [-0.1, -0.05) is 100 Å². The number of nitriles is 1. The first-order valence-electron chi connectivity index (χ1n) is 15.3. The lowest BCUT2D eigenvalue weighted by molar-refractivity contribution is 0.302. The van der Waals surface area contributed by atoms with Crippen molar-refractivity contribution in [3.05, 3.63) is 59.7 Å². The number of hydrogen-bond donors (Lipinski definition) is 0. The number of benzene rings is 2. The van der Waals surface area contributed by atoms with Gasteiger partial charge in [0.2, 0.25) is 0 Å². The molecule has 2 saturated carbocycles. The molecule has 0 amide bonds. The minimum atomic E-state index is 0.729. The van der Waals surface area contributed by atoms with Crippen molar-refractivity contribution in [2.75, 3.05) is 0 Å². The van der Waals surface area contributed by atoms with Gasteiger partial charge < -0.3 is 0 Å². The van der Waals surface area contributed by atoms with E-state index in [1.165, 1.54) is 107 Å². The summed E-state index contributed by atoms with van der Waals surface area (Å²) in [5.41, 5.74) is 5.82. The Bertz CT molecular complexity index is 903. The van der Waals surface area contributed by atoms with Crippen molar-refractivity contribution in [3.63, 3.8) is 0 Å². The summed E-state index contributed by atoms with van der Waals surface area (Å²) < 4.78 is 0. The molecule has 0 N–H and O–H groups in total. The Morgan fingerprint density at radius 3 is 1.44 bits per heavy atom. The van der Waals surface area contributed by atoms with Gasteiger partial charge in [0.25, 0.3) is 0 Å². The molecule has 2 aromatic carbocycles. The van der Waals surface area contributed by atoms with Crippen LogP contribution in [0.25, 0.3) is 11.1 Å². The topological polar surface area (TPSA) is 23.8 Å². The molecule has 0 heterocycles. The molecular formula is C35H49N. The van der Waals surface area contributed by atoms with E-state index in [0.29, 0.717) is 0 Å². The average molecular weight is 484 g/mol. The van der Waals surface area contributed by atoms with Crippen LogP contribution in [-0.4, -0.2) is 0 Å². The fourth-order valence-corrected chi connectivity index (χ4v) is 6.96. The third-order valence-corrected chi connectivity index (χ3v) is 9.41. The second-order valence-corrected chi connectivity index (χ2v) is 11.9. The largest absolute Gasteiger partial charge is 0.198 e. The number of nitrogens with zero attached hydrogens (tertiary/aromatic N) is 1. The van der Waals surface area contributed by atoms with Gasteiger partial charge in [0.05, 0.1) is 6.07 Å². The Hall–Kier alpha value is -2.07. The minimum Gasteiger partial charge on any atom is -0.198 e. The van der Waals surface area contributed by atoms with Crippen molar-refractivity contribution >= 4 is 0 Å². The molecule has 2 aromatic rings. The first-order chi connectivity index (χ1) is 17.8. The van der Waals surface area contributed by atoms with Crippen molar-refractivity contribution in [1.29, 1.82) is 5.26 Å². The van der Waals surface area contributed by atoms with Gasteiger partial charge in [0.1, 0.15) is 0 Å². The molecule has 0 bridgehead atoms. The van der Waals surface area contributed by atoms with Crippen LogP contribution in [0.4, 0.5) is 0 Å². The van der Waals surface area contributed by atoms with Crippen LogP contribution in [0.3, 0.4) is 0 Å². The van der Waals surface area contributed by atoms with Crippen molar-refractivity contribution in [1.82, 2.24) is 0 Å². The van der Waals surface area contributed by atoms with E-state index in [0.717, 1.165) is 36.5 Å². The summed E-state index contributed by atoms with van der Waals surface area (Å²) >= 11 is 0. The van der Waals surface area contributed by atoms with Gasteiger partial charge in [-0.15, -0.1) is 0 Å². The highest BCUT2D eigenvalue weighted by Gasteiger charge is 2.23. The van der Waals surface area contributed by atoms with E-state index in [-0.39, 0.29) is 0 Å². The molecule has 0 atom stereocenters. The van der Waals surface area contributed by atoms with E-state index in [1.54, 1.807) is 11.1 Å². The second-order valence-electron chi connectivity index (χ2n) is 11.9. The van der Waals surface area contributed by atoms with E-state index in [2.05, 4.69) is 61.5 Å². The highest BCUT2D eigenvalue weighted by molar-refractivity contribution is 5.64. The highest BCUT2D eigenvalue weighted by Crippen LogP contribution is 2.40. The average Bonchev–Trinajstić information content (AvgIpc) is 2.94. The monoisotopic (exact) mass is 483 g/mol. The predicted molar refractivity (Wildman–Crippen MR) is 154 cm³/mol. The summed E-state index contributed by atoms with van der Waals surface area (Å²) in [5, 5.41) is 8.68. The Kier molecular flexibility index (Phi) is 11.0. The zero-order chi connectivity index (χ0) is 25.0. The summed E-state index contributed by atoms with van der Waals surface area (Å²) in [6.07, 6.45) is 22.5. The molecule has 2 aliphatic carbocycles. The lowest BCUT2D eigenvalue weighted by atomic mass is 9.76. The third-order valence-electron chi connectivity index (χ3n) is 9.41. The van der Waals surface area contributed by atoms with Crippen molar-refractivity contribution in [3.8, 4) is 17.2 Å². The summed E-state index contributed by atoms with van der Waals surface area (Å²) in [7, 11) is 0. The first kappa shape index (κ1) is 27.0. The van der Waals surface area contributed by atoms with Crippen LogP contribution in [0, 0.1) is 23.2 Å². The maximum Gasteiger partial charge on any atom is 0.0621 e. The van der Waals surface area contributed by atoms with E-state index >= 15 is 0 Å². The summed E-state index contributed by atoms with van der Waals surface area (Å²) in [6.45, 7) is 2.31. The summed E-state index contributed by atoms with van der Waals surface area (Å²) in [4.78, 5) is 0. The number of rotatable bonds is 12. The summed E-state index contributed by atoms with van der Waals surface area (Å²) in [6, 6.07) is 21.3. The maximum atomic E-state index is 8.68. The first-order valence-corrected chi connectivity index (χ1v) is 15.3. The SMILES string of the molecule is CCCCCC1CCC(c2ccc(-c3ccc(C4CCC(CCCCCC#N)CC4)cc3)cc2)CC1. The zero-order valence-corrected chi connectivity index (χ0v) is 22.9. The maximum absolute atomic E-state index is 8.68. The van der Waals surface area contributed by atoms with Crippen LogP contribution in [0.1, 0.15) is 139 Å². The number of unbranched alkanes of at least 4 members (excludes halogenated alkanes) is 5. The Morgan fingerprint density at radius 1 is 0.583 bits per heavy atom. The van der Waals surface area contributed by atoms with Crippen LogP contribution >= 0.6 is 0 Å². The molecule has 194 valence electrons. The molecule has 0 spiro atoms. The molecule has 36 heavy (non-hydrogen) atoms. The minimum absolute atomic E-state index is 0.729. The van der Waals surface area contributed by atoms with E-state index in [1.807, 2.05) is 0 Å². The number of hydrogen-bond acceptors (Lipinski definition) is 1. The molecule has 2 fully saturated rings. The van der Waals surface area contributed by atoms with Crippen LogP contribution in [0.2, 0.25) is 0 Å². The lowest BCUT2D eigenvalue weighted by Crippen LogP contribution is -2.13. The van der Waals surface area contributed by atoms with Crippen LogP contribution < -0.4 is 0 Å². The smallest absolute Gasteiger partial charge is 0.0621 e. The standard InChI is InChI=1S/C35H49N/c1-2-3-6-9-28-11-15-30(16-12-28)32-19-23-34(24-20-32)35-25-21-33(22-26-35)31-17-13-29(14-18-31)10-7-4-5-8-27-36/h19-26,28-31H,2-18H2,1H3. The molecule has 0 aromatic heterocycles. The molecule has 2 aliphatic rings. The third kappa shape index (κ3) is 7.96.